The van der Waals surface area contributed by atoms with Gasteiger partial charge in [0.15, 0.2) is 11.6 Å². The van der Waals surface area contributed by atoms with E-state index >= 15 is 0 Å². The molecule has 0 amide bonds. The second-order valence-corrected chi connectivity index (χ2v) is 8.75. The predicted octanol–water partition coefficient (Wildman–Crippen LogP) is 6.65. The summed E-state index contributed by atoms with van der Waals surface area (Å²) < 4.78 is 6.90. The molecule has 5 heteroatoms. The number of carbonyl (C=O) groups is 2. The van der Waals surface area contributed by atoms with Crippen LogP contribution < -0.4 is 0 Å². The fourth-order valence-electron chi connectivity index (χ4n) is 4.06. The number of carbonyl (C=O) groups excluding carboxylic acids is 2. The Morgan fingerprint density at radius 2 is 1.50 bits per heavy atom. The summed E-state index contributed by atoms with van der Waals surface area (Å²) in [6.07, 6.45) is 1.66. The maximum Gasteiger partial charge on any atom is 0.197 e. The molecule has 6 rings (SSSR count). The summed E-state index contributed by atoms with van der Waals surface area (Å²) in [4.78, 5) is 26.7. The summed E-state index contributed by atoms with van der Waals surface area (Å²) in [5, 5.41) is 10.8. The van der Waals surface area contributed by atoms with Gasteiger partial charge in [0, 0.05) is 27.6 Å². The van der Waals surface area contributed by atoms with E-state index in [0.717, 1.165) is 25.9 Å². The van der Waals surface area contributed by atoms with E-state index in [-0.39, 0.29) is 17.1 Å². The molecule has 0 bridgehead atoms. The van der Waals surface area contributed by atoms with Crippen LogP contribution in [0.3, 0.4) is 0 Å². The standard InChI is InChI=1S/C27H13NO3S/c28-14-15-5-7-16(8-6-15)23-13-25-24(31-23)12-19(32-25)11-22-26(29)20-9-17-3-1-2-4-18(17)10-21(20)27(22)30/h1-13H. The Morgan fingerprint density at radius 1 is 0.844 bits per heavy atom. The maximum atomic E-state index is 13.0. The molecular formula is C27H13NO3S. The highest BCUT2D eigenvalue weighted by Crippen LogP contribution is 2.37. The average Bonchev–Trinajstić information content (AvgIpc) is 3.45. The lowest BCUT2D eigenvalue weighted by atomic mass is 10.0. The summed E-state index contributed by atoms with van der Waals surface area (Å²) in [6.45, 7) is 0. The largest absolute Gasteiger partial charge is 0.455 e. The molecule has 2 aromatic heterocycles. The quantitative estimate of drug-likeness (QED) is 0.232. The molecule has 1 aliphatic carbocycles. The number of hydrogen-bond donors (Lipinski definition) is 0. The minimum Gasteiger partial charge on any atom is -0.455 e. The molecular weight excluding hydrogens is 418 g/mol. The number of nitriles is 1. The molecule has 0 fully saturated rings. The van der Waals surface area contributed by atoms with E-state index in [9.17, 15) is 9.59 Å². The third-order valence-corrected chi connectivity index (χ3v) is 6.69. The van der Waals surface area contributed by atoms with Crippen molar-refractivity contribution in [2.75, 3.05) is 0 Å². The van der Waals surface area contributed by atoms with Crippen molar-refractivity contribution in [3.63, 3.8) is 0 Å². The average molecular weight is 431 g/mol. The van der Waals surface area contributed by atoms with Gasteiger partial charge in [-0.1, -0.05) is 24.3 Å². The maximum absolute atomic E-state index is 13.0. The van der Waals surface area contributed by atoms with Gasteiger partial charge in [0.05, 0.1) is 21.9 Å². The first-order valence-corrected chi connectivity index (χ1v) is 10.8. The summed E-state index contributed by atoms with van der Waals surface area (Å²) in [6, 6.07) is 24.4. The number of ketones is 2. The number of thiophene rings is 1. The topological polar surface area (TPSA) is 71.1 Å². The monoisotopic (exact) mass is 431 g/mol. The molecule has 0 aliphatic heterocycles. The van der Waals surface area contributed by atoms with Gasteiger partial charge in [-0.15, -0.1) is 11.3 Å². The minimum absolute atomic E-state index is 0.187. The zero-order chi connectivity index (χ0) is 21.8. The fourth-order valence-corrected chi connectivity index (χ4v) is 5.02. The van der Waals surface area contributed by atoms with Crippen LogP contribution in [0.15, 0.2) is 82.8 Å². The van der Waals surface area contributed by atoms with Crippen LogP contribution in [0.4, 0.5) is 0 Å². The SMILES string of the molecule is N#Cc1ccc(-c2cc3sc(C=C4C(=O)c5cc6ccccc6cc5C4=O)cc3o2)cc1. The van der Waals surface area contributed by atoms with E-state index in [1.165, 1.54) is 11.3 Å². The van der Waals surface area contributed by atoms with Crippen molar-refractivity contribution < 1.29 is 14.0 Å². The highest BCUT2D eigenvalue weighted by atomic mass is 32.1. The third-order valence-electron chi connectivity index (χ3n) is 5.68. The van der Waals surface area contributed by atoms with Gasteiger partial charge in [0.1, 0.15) is 11.3 Å². The number of benzene rings is 3. The molecule has 0 unspecified atom stereocenters. The van der Waals surface area contributed by atoms with E-state index < -0.39 is 0 Å². The molecule has 32 heavy (non-hydrogen) atoms. The first-order valence-electron chi connectivity index (χ1n) is 9.98. The molecule has 0 spiro atoms. The minimum atomic E-state index is -0.237. The number of nitrogens with zero attached hydrogens (tertiary/aromatic N) is 1. The van der Waals surface area contributed by atoms with Crippen molar-refractivity contribution in [2.24, 2.45) is 0 Å². The van der Waals surface area contributed by atoms with E-state index in [0.29, 0.717) is 28.0 Å². The Kier molecular flexibility index (Phi) is 3.97. The van der Waals surface area contributed by atoms with Crippen LogP contribution in [0.1, 0.15) is 31.2 Å². The Morgan fingerprint density at radius 3 is 2.09 bits per heavy atom. The first kappa shape index (κ1) is 18.5. The number of hydrogen-bond acceptors (Lipinski definition) is 5. The van der Waals surface area contributed by atoms with Gasteiger partial charge in [0.2, 0.25) is 0 Å². The fraction of sp³-hybridized carbons (Fsp3) is 0. The van der Waals surface area contributed by atoms with Gasteiger partial charge in [0.25, 0.3) is 0 Å². The molecule has 3 aromatic carbocycles. The van der Waals surface area contributed by atoms with Gasteiger partial charge in [-0.2, -0.15) is 5.26 Å². The van der Waals surface area contributed by atoms with Crippen LogP contribution in [0.2, 0.25) is 0 Å². The lowest BCUT2D eigenvalue weighted by molar-refractivity contribution is 0.0990. The zero-order valence-electron chi connectivity index (χ0n) is 16.6. The number of Topliss-reactive ketones (excluding diaryl/α,β-unsaturated/α-hetero) is 2. The molecule has 0 radical (unpaired) electrons. The molecule has 4 nitrogen and oxygen atoms in total. The highest BCUT2D eigenvalue weighted by molar-refractivity contribution is 7.19. The van der Waals surface area contributed by atoms with Gasteiger partial charge in [-0.05, 0) is 59.3 Å². The summed E-state index contributed by atoms with van der Waals surface area (Å²) >= 11 is 1.47. The first-order chi connectivity index (χ1) is 15.6. The smallest absolute Gasteiger partial charge is 0.197 e. The Hall–Kier alpha value is -4.27. The molecule has 0 saturated heterocycles. The Bertz CT molecular complexity index is 1570. The molecule has 150 valence electrons. The van der Waals surface area contributed by atoms with Crippen molar-refractivity contribution >= 4 is 50.0 Å². The summed E-state index contributed by atoms with van der Waals surface area (Å²) in [5.41, 5.74) is 3.28. The third kappa shape index (κ3) is 2.82. The van der Waals surface area contributed by atoms with Crippen LogP contribution in [-0.2, 0) is 0 Å². The Labute approximate surface area is 186 Å². The zero-order valence-corrected chi connectivity index (χ0v) is 17.4. The molecule has 0 saturated carbocycles. The van der Waals surface area contributed by atoms with E-state index in [1.54, 1.807) is 30.3 Å². The van der Waals surface area contributed by atoms with Gasteiger partial charge < -0.3 is 4.42 Å². The number of rotatable bonds is 2. The predicted molar refractivity (Wildman–Crippen MR) is 125 cm³/mol. The van der Waals surface area contributed by atoms with Crippen molar-refractivity contribution in [1.29, 1.82) is 5.26 Å². The van der Waals surface area contributed by atoms with Crippen LogP contribution >= 0.6 is 11.3 Å². The van der Waals surface area contributed by atoms with Crippen LogP contribution in [-0.4, -0.2) is 11.6 Å². The second kappa shape index (κ2) is 6.88. The Balaban J connectivity index is 1.36. The number of fused-ring (bicyclic) bond motifs is 3. The molecule has 2 heterocycles. The van der Waals surface area contributed by atoms with E-state index in [1.807, 2.05) is 48.5 Å². The molecule has 0 atom stereocenters. The normalized spacial score (nSPS) is 13.0. The number of furan rings is 1. The van der Waals surface area contributed by atoms with Crippen LogP contribution in [0, 0.1) is 11.3 Å². The van der Waals surface area contributed by atoms with Crippen molar-refractivity contribution in [3.05, 3.63) is 99.9 Å². The lowest BCUT2D eigenvalue weighted by Gasteiger charge is -2.00. The van der Waals surface area contributed by atoms with Crippen LogP contribution in [0.5, 0.6) is 0 Å². The second-order valence-electron chi connectivity index (χ2n) is 7.64. The molecule has 5 aromatic rings. The van der Waals surface area contributed by atoms with Crippen LogP contribution in [0.25, 0.3) is 38.5 Å². The highest BCUT2D eigenvalue weighted by Gasteiger charge is 2.33. The summed E-state index contributed by atoms with van der Waals surface area (Å²) in [5.74, 6) is 0.236. The van der Waals surface area contributed by atoms with E-state index in [2.05, 4.69) is 6.07 Å². The molecule has 0 N–H and O–H groups in total. The summed E-state index contributed by atoms with van der Waals surface area (Å²) in [7, 11) is 0. The lowest BCUT2D eigenvalue weighted by Crippen LogP contribution is -1.99. The van der Waals surface area contributed by atoms with Gasteiger partial charge >= 0.3 is 0 Å². The van der Waals surface area contributed by atoms with Crippen molar-refractivity contribution in [3.8, 4) is 17.4 Å². The van der Waals surface area contributed by atoms with Gasteiger partial charge in [-0.25, -0.2) is 0 Å². The molecule has 1 aliphatic rings. The van der Waals surface area contributed by atoms with Crippen molar-refractivity contribution in [1.82, 2.24) is 0 Å². The van der Waals surface area contributed by atoms with Crippen molar-refractivity contribution in [2.45, 2.75) is 0 Å². The van der Waals surface area contributed by atoms with E-state index in [4.69, 9.17) is 9.68 Å². The number of allylic oxidation sites excluding steroid dienone is 1. The van der Waals surface area contributed by atoms with Gasteiger partial charge in [-0.3, -0.25) is 9.59 Å².